The first-order valence-electron chi connectivity index (χ1n) is 7.31. The van der Waals surface area contributed by atoms with Crippen molar-refractivity contribution >= 4 is 5.97 Å². The summed E-state index contributed by atoms with van der Waals surface area (Å²) in [7, 11) is 0. The predicted molar refractivity (Wildman–Crippen MR) is 70.6 cm³/mol. The van der Waals surface area contributed by atoms with Crippen molar-refractivity contribution in [1.82, 2.24) is 0 Å². The van der Waals surface area contributed by atoms with Crippen LogP contribution in [0.5, 0.6) is 0 Å². The zero-order valence-corrected chi connectivity index (χ0v) is 11.1. The number of carbonyl (C=O) groups excluding carboxylic acids is 1. The first kappa shape index (κ1) is 14.5. The Morgan fingerprint density at radius 2 is 1.59 bits per heavy atom. The van der Waals surface area contributed by atoms with E-state index in [0.29, 0.717) is 6.42 Å². The summed E-state index contributed by atoms with van der Waals surface area (Å²) in [6.07, 6.45) is 13.7. The highest BCUT2D eigenvalue weighted by molar-refractivity contribution is 5.69. The number of unbranched alkanes of at least 4 members (excludes halogenated alkanes) is 6. The summed E-state index contributed by atoms with van der Waals surface area (Å²) in [5.41, 5.74) is 0. The van der Waals surface area contributed by atoms with Crippen LogP contribution in [0, 0.1) is 6.92 Å². The molecule has 2 heteroatoms. The van der Waals surface area contributed by atoms with E-state index in [1.54, 1.807) is 0 Å². The molecule has 1 fully saturated rings. The van der Waals surface area contributed by atoms with Gasteiger partial charge in [-0.1, -0.05) is 45.4 Å². The fourth-order valence-electron chi connectivity index (χ4n) is 2.40. The van der Waals surface area contributed by atoms with Gasteiger partial charge in [0.1, 0.15) is 6.10 Å². The van der Waals surface area contributed by atoms with Gasteiger partial charge in [-0.3, -0.25) is 4.79 Å². The maximum atomic E-state index is 11.5. The standard InChI is InChI=1S/C15H27O2/c1-2-3-4-5-6-7-8-13-15(16)17-14-11-9-10-12-14/h14H,1-13H2. The highest BCUT2D eigenvalue weighted by Crippen LogP contribution is 2.21. The van der Waals surface area contributed by atoms with Gasteiger partial charge in [0.15, 0.2) is 0 Å². The first-order chi connectivity index (χ1) is 8.33. The number of hydrogen-bond acceptors (Lipinski definition) is 2. The van der Waals surface area contributed by atoms with Crippen LogP contribution in [0.1, 0.15) is 77.0 Å². The summed E-state index contributed by atoms with van der Waals surface area (Å²) in [6, 6.07) is 0. The molecule has 0 aliphatic heterocycles. The molecule has 99 valence electrons. The van der Waals surface area contributed by atoms with Crippen LogP contribution in [-0.4, -0.2) is 12.1 Å². The van der Waals surface area contributed by atoms with Crippen molar-refractivity contribution < 1.29 is 9.53 Å². The van der Waals surface area contributed by atoms with Gasteiger partial charge in [0.05, 0.1) is 0 Å². The summed E-state index contributed by atoms with van der Waals surface area (Å²) >= 11 is 0. The molecular formula is C15H27O2. The van der Waals surface area contributed by atoms with E-state index in [2.05, 4.69) is 6.92 Å². The Labute approximate surface area is 106 Å². The van der Waals surface area contributed by atoms with E-state index < -0.39 is 0 Å². The molecule has 0 amide bonds. The van der Waals surface area contributed by atoms with Gasteiger partial charge in [-0.15, -0.1) is 0 Å². The van der Waals surface area contributed by atoms with Crippen LogP contribution in [-0.2, 0) is 9.53 Å². The average Bonchev–Trinajstić information content (AvgIpc) is 2.80. The van der Waals surface area contributed by atoms with Gasteiger partial charge in [0.25, 0.3) is 0 Å². The lowest BCUT2D eigenvalue weighted by Crippen LogP contribution is -2.14. The number of esters is 1. The van der Waals surface area contributed by atoms with E-state index in [1.165, 1.54) is 38.5 Å². The van der Waals surface area contributed by atoms with Gasteiger partial charge in [-0.2, -0.15) is 0 Å². The quantitative estimate of drug-likeness (QED) is 0.439. The molecule has 17 heavy (non-hydrogen) atoms. The van der Waals surface area contributed by atoms with Gasteiger partial charge in [-0.25, -0.2) is 0 Å². The lowest BCUT2D eigenvalue weighted by molar-refractivity contribution is -0.148. The van der Waals surface area contributed by atoms with Crippen molar-refractivity contribution in [2.24, 2.45) is 0 Å². The maximum absolute atomic E-state index is 11.5. The smallest absolute Gasteiger partial charge is 0.306 e. The van der Waals surface area contributed by atoms with E-state index in [9.17, 15) is 4.79 Å². The van der Waals surface area contributed by atoms with E-state index in [0.717, 1.165) is 32.1 Å². The van der Waals surface area contributed by atoms with Crippen molar-refractivity contribution in [3.63, 3.8) is 0 Å². The Morgan fingerprint density at radius 3 is 2.24 bits per heavy atom. The Bertz CT molecular complexity index is 195. The summed E-state index contributed by atoms with van der Waals surface area (Å²) in [5.74, 6) is 0.0228. The normalized spacial score (nSPS) is 16.3. The van der Waals surface area contributed by atoms with Crippen LogP contribution < -0.4 is 0 Å². The molecule has 0 spiro atoms. The van der Waals surface area contributed by atoms with Gasteiger partial charge < -0.3 is 4.74 Å². The van der Waals surface area contributed by atoms with Crippen molar-refractivity contribution in [3.8, 4) is 0 Å². The van der Waals surface area contributed by atoms with Gasteiger partial charge in [-0.05, 0) is 32.1 Å². The highest BCUT2D eigenvalue weighted by atomic mass is 16.5. The molecule has 1 saturated carbocycles. The van der Waals surface area contributed by atoms with Crippen LogP contribution in [0.25, 0.3) is 0 Å². The zero-order chi connectivity index (χ0) is 12.3. The fraction of sp³-hybridized carbons (Fsp3) is 0.867. The number of ether oxygens (including phenoxy) is 1. The van der Waals surface area contributed by atoms with Crippen molar-refractivity contribution in [1.29, 1.82) is 0 Å². The molecule has 0 aromatic carbocycles. The zero-order valence-electron chi connectivity index (χ0n) is 11.1. The van der Waals surface area contributed by atoms with Crippen LogP contribution in [0.2, 0.25) is 0 Å². The van der Waals surface area contributed by atoms with Gasteiger partial charge in [0.2, 0.25) is 0 Å². The Hall–Kier alpha value is -0.530. The van der Waals surface area contributed by atoms with Crippen molar-refractivity contribution in [2.45, 2.75) is 83.2 Å². The van der Waals surface area contributed by atoms with Crippen molar-refractivity contribution in [2.75, 3.05) is 0 Å². The van der Waals surface area contributed by atoms with Crippen molar-refractivity contribution in [3.05, 3.63) is 6.92 Å². The molecule has 2 nitrogen and oxygen atoms in total. The van der Waals surface area contributed by atoms with Gasteiger partial charge >= 0.3 is 5.97 Å². The lowest BCUT2D eigenvalue weighted by Gasteiger charge is -2.10. The fourth-order valence-corrected chi connectivity index (χ4v) is 2.40. The minimum atomic E-state index is 0.0228. The molecule has 0 saturated heterocycles. The SMILES string of the molecule is [CH2]CCCCCCCCC(=O)OC1CCCC1. The first-order valence-corrected chi connectivity index (χ1v) is 7.31. The topological polar surface area (TPSA) is 26.3 Å². The van der Waals surface area contributed by atoms with E-state index in [1.807, 2.05) is 0 Å². The van der Waals surface area contributed by atoms with E-state index in [-0.39, 0.29) is 12.1 Å². The Kier molecular flexibility index (Phi) is 8.12. The third-order valence-corrected chi connectivity index (χ3v) is 3.48. The molecule has 0 bridgehead atoms. The second-order valence-corrected chi connectivity index (χ2v) is 5.12. The number of hydrogen-bond donors (Lipinski definition) is 0. The molecule has 0 unspecified atom stereocenters. The minimum Gasteiger partial charge on any atom is -0.462 e. The molecular weight excluding hydrogens is 212 g/mol. The summed E-state index contributed by atoms with van der Waals surface area (Å²) in [4.78, 5) is 11.5. The third-order valence-electron chi connectivity index (χ3n) is 3.48. The molecule has 0 N–H and O–H groups in total. The van der Waals surface area contributed by atoms with Crippen LogP contribution >= 0.6 is 0 Å². The van der Waals surface area contributed by atoms with E-state index in [4.69, 9.17) is 4.74 Å². The molecule has 1 aliphatic rings. The minimum absolute atomic E-state index is 0.0228. The van der Waals surface area contributed by atoms with Crippen LogP contribution in [0.15, 0.2) is 0 Å². The summed E-state index contributed by atoms with van der Waals surface area (Å²) in [5, 5.41) is 0. The predicted octanol–water partition coefficient (Wildman–Crippen LogP) is 4.43. The molecule has 1 aliphatic carbocycles. The Balaban J connectivity index is 1.86. The third kappa shape index (κ3) is 7.40. The van der Waals surface area contributed by atoms with Crippen LogP contribution in [0.4, 0.5) is 0 Å². The average molecular weight is 239 g/mol. The molecule has 0 aromatic heterocycles. The highest BCUT2D eigenvalue weighted by Gasteiger charge is 2.18. The van der Waals surface area contributed by atoms with Gasteiger partial charge in [0, 0.05) is 6.42 Å². The molecule has 0 aromatic rings. The molecule has 1 rings (SSSR count). The second kappa shape index (κ2) is 9.49. The Morgan fingerprint density at radius 1 is 1.00 bits per heavy atom. The lowest BCUT2D eigenvalue weighted by atomic mass is 10.1. The maximum Gasteiger partial charge on any atom is 0.306 e. The molecule has 0 atom stereocenters. The number of rotatable bonds is 9. The molecule has 0 heterocycles. The second-order valence-electron chi connectivity index (χ2n) is 5.12. The molecule has 1 radical (unpaired) electrons. The summed E-state index contributed by atoms with van der Waals surface area (Å²) in [6.45, 7) is 3.83. The summed E-state index contributed by atoms with van der Waals surface area (Å²) < 4.78 is 5.41. The van der Waals surface area contributed by atoms with Crippen LogP contribution in [0.3, 0.4) is 0 Å². The van der Waals surface area contributed by atoms with E-state index >= 15 is 0 Å². The number of carbonyl (C=O) groups is 1. The monoisotopic (exact) mass is 239 g/mol. The largest absolute Gasteiger partial charge is 0.462 e.